The van der Waals surface area contributed by atoms with Crippen molar-refractivity contribution in [2.45, 2.75) is 110 Å². The first-order chi connectivity index (χ1) is 8.91. The maximum Gasteiger partial charge on any atom is 2.00 e. The Hall–Kier alpha value is 1.06. The molecular formula is C18H37ClMg. The summed E-state index contributed by atoms with van der Waals surface area (Å²) in [4.78, 5) is 0. The van der Waals surface area contributed by atoms with Crippen molar-refractivity contribution in [3.63, 3.8) is 0 Å². The third-order valence-corrected chi connectivity index (χ3v) is 3.85. The summed E-state index contributed by atoms with van der Waals surface area (Å²) in [6.45, 7) is 6.18. The minimum atomic E-state index is 0. The number of hydrogen-bond donors (Lipinski definition) is 0. The van der Waals surface area contributed by atoms with Crippen LogP contribution in [0.25, 0.3) is 0 Å². The van der Waals surface area contributed by atoms with Crippen molar-refractivity contribution in [2.75, 3.05) is 0 Å². The third-order valence-electron chi connectivity index (χ3n) is 3.85. The Labute approximate surface area is 151 Å². The molecule has 0 fully saturated rings. The van der Waals surface area contributed by atoms with Gasteiger partial charge in [-0.1, -0.05) is 103 Å². The van der Waals surface area contributed by atoms with Crippen molar-refractivity contribution < 1.29 is 12.4 Å². The van der Waals surface area contributed by atoms with E-state index >= 15 is 0 Å². The van der Waals surface area contributed by atoms with Crippen molar-refractivity contribution in [3.05, 3.63) is 6.92 Å². The fraction of sp³-hybridized carbons (Fsp3) is 0.944. The molecule has 0 rings (SSSR count). The Kier molecular flexibility index (Phi) is 32.5. The molecule has 118 valence electrons. The molecule has 0 saturated carbocycles. The molecule has 0 spiro atoms. The molecule has 0 aromatic rings. The average molecular weight is 313 g/mol. The Morgan fingerprint density at radius 3 is 1.00 bits per heavy atom. The normalized spacial score (nSPS) is 9.90. The fourth-order valence-corrected chi connectivity index (χ4v) is 2.55. The number of rotatable bonds is 15. The summed E-state index contributed by atoms with van der Waals surface area (Å²) in [6, 6.07) is 0. The zero-order chi connectivity index (χ0) is 13.3. The molecule has 0 aromatic carbocycles. The van der Waals surface area contributed by atoms with E-state index in [1.165, 1.54) is 96.3 Å². The standard InChI is InChI=1S/C18H37.ClH.Mg/c1-3-5-7-9-11-13-15-17-18-16-14-12-10-8-6-4-2;;/h1,3-18H2,2H3;1H;/q-1;;+2/p-1. The van der Waals surface area contributed by atoms with Crippen molar-refractivity contribution in [1.29, 1.82) is 0 Å². The average Bonchev–Trinajstić information content (AvgIpc) is 2.39. The Balaban J connectivity index is -0.00000144. The molecule has 0 unspecified atom stereocenters. The van der Waals surface area contributed by atoms with E-state index in [2.05, 4.69) is 13.8 Å². The molecule has 0 bridgehead atoms. The minimum absolute atomic E-state index is 0. The van der Waals surface area contributed by atoms with Crippen LogP contribution in [-0.4, -0.2) is 23.1 Å². The van der Waals surface area contributed by atoms with E-state index in [1.807, 2.05) is 0 Å². The molecule has 0 aliphatic heterocycles. The van der Waals surface area contributed by atoms with Gasteiger partial charge in [-0.15, -0.1) is 0 Å². The number of hydrogen-bond acceptors (Lipinski definition) is 0. The monoisotopic (exact) mass is 312 g/mol. The van der Waals surface area contributed by atoms with Crippen LogP contribution >= 0.6 is 0 Å². The molecule has 0 aromatic heterocycles. The van der Waals surface area contributed by atoms with Crippen LogP contribution in [0.4, 0.5) is 0 Å². The summed E-state index contributed by atoms with van der Waals surface area (Å²) in [6.07, 6.45) is 22.8. The smallest absolute Gasteiger partial charge is 1.00 e. The van der Waals surface area contributed by atoms with Crippen LogP contribution < -0.4 is 12.4 Å². The maximum atomic E-state index is 3.88. The van der Waals surface area contributed by atoms with Gasteiger partial charge in [0.1, 0.15) is 0 Å². The second-order valence-electron chi connectivity index (χ2n) is 5.80. The van der Waals surface area contributed by atoms with E-state index in [1.54, 1.807) is 0 Å². The SMILES string of the molecule is [CH2-]CCCCCCCCCCCCCCCCC.[Cl-].[Mg+2]. The van der Waals surface area contributed by atoms with Gasteiger partial charge in [-0.3, -0.25) is 0 Å². The quantitative estimate of drug-likeness (QED) is 0.246. The van der Waals surface area contributed by atoms with Crippen molar-refractivity contribution in [2.24, 2.45) is 0 Å². The molecule has 0 N–H and O–H groups in total. The van der Waals surface area contributed by atoms with Gasteiger partial charge in [0.25, 0.3) is 0 Å². The van der Waals surface area contributed by atoms with Gasteiger partial charge in [0.2, 0.25) is 0 Å². The Bertz CT molecular complexity index is 123. The first-order valence-corrected chi connectivity index (χ1v) is 8.71. The minimum Gasteiger partial charge on any atom is -1.00 e. The van der Waals surface area contributed by atoms with Crippen LogP contribution in [0.3, 0.4) is 0 Å². The summed E-state index contributed by atoms with van der Waals surface area (Å²) >= 11 is 0. The zero-order valence-electron chi connectivity index (χ0n) is 14.1. The molecule has 0 radical (unpaired) electrons. The summed E-state index contributed by atoms with van der Waals surface area (Å²) < 4.78 is 0. The topological polar surface area (TPSA) is 0 Å². The van der Waals surface area contributed by atoms with E-state index in [4.69, 9.17) is 0 Å². The summed E-state index contributed by atoms with van der Waals surface area (Å²) in [5.74, 6) is 0. The molecule has 2 heteroatoms. The number of unbranched alkanes of at least 4 members (excludes halogenated alkanes) is 15. The van der Waals surface area contributed by atoms with Crippen LogP contribution in [-0.2, 0) is 0 Å². The van der Waals surface area contributed by atoms with Crippen LogP contribution in [0.15, 0.2) is 0 Å². The molecule has 0 nitrogen and oxygen atoms in total. The van der Waals surface area contributed by atoms with Crippen LogP contribution in [0.5, 0.6) is 0 Å². The van der Waals surface area contributed by atoms with Gasteiger partial charge in [-0.2, -0.15) is 6.42 Å². The van der Waals surface area contributed by atoms with E-state index in [9.17, 15) is 0 Å². The molecule has 0 saturated heterocycles. The Morgan fingerprint density at radius 1 is 0.500 bits per heavy atom. The summed E-state index contributed by atoms with van der Waals surface area (Å²) in [5, 5.41) is 0. The van der Waals surface area contributed by atoms with Crippen molar-refractivity contribution in [3.8, 4) is 0 Å². The van der Waals surface area contributed by atoms with Crippen molar-refractivity contribution >= 4 is 23.1 Å². The first-order valence-electron chi connectivity index (χ1n) is 8.71. The van der Waals surface area contributed by atoms with Crippen LogP contribution in [0, 0.1) is 6.92 Å². The first kappa shape index (κ1) is 26.0. The van der Waals surface area contributed by atoms with E-state index < -0.39 is 0 Å². The Morgan fingerprint density at radius 2 is 0.750 bits per heavy atom. The van der Waals surface area contributed by atoms with Gasteiger partial charge in [-0.05, 0) is 0 Å². The van der Waals surface area contributed by atoms with E-state index in [-0.39, 0.29) is 35.5 Å². The molecule has 0 heterocycles. The van der Waals surface area contributed by atoms with Gasteiger partial charge in [0.05, 0.1) is 0 Å². The van der Waals surface area contributed by atoms with Gasteiger partial charge in [0.15, 0.2) is 0 Å². The van der Waals surface area contributed by atoms with Crippen molar-refractivity contribution in [1.82, 2.24) is 0 Å². The van der Waals surface area contributed by atoms with E-state index in [0.29, 0.717) is 0 Å². The van der Waals surface area contributed by atoms with Gasteiger partial charge >= 0.3 is 23.1 Å². The van der Waals surface area contributed by atoms with Gasteiger partial charge in [0, 0.05) is 0 Å². The molecule has 0 aliphatic carbocycles. The predicted molar refractivity (Wildman–Crippen MR) is 90.7 cm³/mol. The van der Waals surface area contributed by atoms with Gasteiger partial charge < -0.3 is 19.3 Å². The molecule has 0 atom stereocenters. The summed E-state index contributed by atoms with van der Waals surface area (Å²) in [7, 11) is 0. The second-order valence-corrected chi connectivity index (χ2v) is 5.80. The second kappa shape index (κ2) is 25.0. The van der Waals surface area contributed by atoms with Crippen LogP contribution in [0.1, 0.15) is 110 Å². The maximum absolute atomic E-state index is 3.88. The molecular weight excluding hydrogens is 276 g/mol. The molecule has 20 heavy (non-hydrogen) atoms. The largest absolute Gasteiger partial charge is 2.00 e. The van der Waals surface area contributed by atoms with E-state index in [0.717, 1.165) is 6.42 Å². The van der Waals surface area contributed by atoms with Crippen LogP contribution in [0.2, 0.25) is 0 Å². The molecule has 0 amide bonds. The number of halogens is 1. The predicted octanol–water partition coefficient (Wildman–Crippen LogP) is 3.71. The molecule has 0 aliphatic rings. The summed E-state index contributed by atoms with van der Waals surface area (Å²) in [5.41, 5.74) is 0. The van der Waals surface area contributed by atoms with Gasteiger partial charge in [-0.25, -0.2) is 0 Å². The fourth-order valence-electron chi connectivity index (χ4n) is 2.55. The third kappa shape index (κ3) is 24.1. The zero-order valence-corrected chi connectivity index (χ0v) is 16.3.